The van der Waals surface area contributed by atoms with Crippen LogP contribution in [-0.2, 0) is 12.8 Å². The van der Waals surface area contributed by atoms with Crippen molar-refractivity contribution in [1.82, 2.24) is 0 Å². The Morgan fingerprint density at radius 2 is 1.27 bits per heavy atom. The van der Waals surface area contributed by atoms with E-state index in [1.165, 1.54) is 86.7 Å². The van der Waals surface area contributed by atoms with Crippen molar-refractivity contribution in [3.05, 3.63) is 23.3 Å². The quantitative estimate of drug-likeness (QED) is 0.722. The van der Waals surface area contributed by atoms with Gasteiger partial charge in [0, 0.05) is 12.1 Å². The van der Waals surface area contributed by atoms with Gasteiger partial charge in [0.05, 0.1) is 11.4 Å². The third-order valence-corrected chi connectivity index (χ3v) is 5.41. The van der Waals surface area contributed by atoms with Gasteiger partial charge in [-0.2, -0.15) is 0 Å². The molecule has 1 aromatic rings. The van der Waals surface area contributed by atoms with Crippen molar-refractivity contribution < 1.29 is 0 Å². The number of unbranched alkanes of at least 4 members (excludes halogenated alkanes) is 2. The number of anilines is 2. The Bertz CT molecular complexity index is 450. The van der Waals surface area contributed by atoms with E-state index in [2.05, 4.69) is 36.6 Å². The molecule has 2 nitrogen and oxygen atoms in total. The molecule has 0 bridgehead atoms. The lowest BCUT2D eigenvalue weighted by atomic mass is 9.88. The molecule has 2 aliphatic heterocycles. The van der Waals surface area contributed by atoms with Crippen LogP contribution in [0.15, 0.2) is 12.1 Å². The SMILES string of the molecule is CCCCC1CCc2ccc3c(c2N1)NC(CCCC)CC3. The molecule has 0 amide bonds. The highest BCUT2D eigenvalue weighted by Crippen LogP contribution is 2.39. The third-order valence-electron chi connectivity index (χ3n) is 5.41. The van der Waals surface area contributed by atoms with Gasteiger partial charge in [-0.15, -0.1) is 0 Å². The van der Waals surface area contributed by atoms with Crippen LogP contribution < -0.4 is 10.6 Å². The first kappa shape index (κ1) is 15.7. The van der Waals surface area contributed by atoms with Crippen molar-refractivity contribution in [1.29, 1.82) is 0 Å². The smallest absolute Gasteiger partial charge is 0.0613 e. The van der Waals surface area contributed by atoms with Gasteiger partial charge in [0.1, 0.15) is 0 Å². The Morgan fingerprint density at radius 3 is 1.68 bits per heavy atom. The fourth-order valence-electron chi connectivity index (χ4n) is 3.98. The molecule has 22 heavy (non-hydrogen) atoms. The first-order valence-electron chi connectivity index (χ1n) is 9.49. The van der Waals surface area contributed by atoms with Crippen molar-refractivity contribution in [2.24, 2.45) is 0 Å². The number of hydrogen-bond acceptors (Lipinski definition) is 2. The van der Waals surface area contributed by atoms with Crippen LogP contribution >= 0.6 is 0 Å². The topological polar surface area (TPSA) is 24.1 Å². The van der Waals surface area contributed by atoms with E-state index >= 15 is 0 Å². The molecule has 2 unspecified atom stereocenters. The Morgan fingerprint density at radius 1 is 0.818 bits per heavy atom. The van der Waals surface area contributed by atoms with Gasteiger partial charge in [-0.25, -0.2) is 0 Å². The van der Waals surface area contributed by atoms with Gasteiger partial charge < -0.3 is 10.6 Å². The van der Waals surface area contributed by atoms with Gasteiger partial charge in [0.25, 0.3) is 0 Å². The average molecular weight is 300 g/mol. The summed E-state index contributed by atoms with van der Waals surface area (Å²) in [5.74, 6) is 0. The van der Waals surface area contributed by atoms with Crippen LogP contribution in [0.2, 0.25) is 0 Å². The standard InChI is InChI=1S/C20H32N2/c1-3-5-7-17-13-11-15-9-10-16-12-14-18(8-6-4-2)22-20(16)19(15)21-17/h9-10,17-18,21-22H,3-8,11-14H2,1-2H3. The summed E-state index contributed by atoms with van der Waals surface area (Å²) in [6.45, 7) is 4.58. The summed E-state index contributed by atoms with van der Waals surface area (Å²) < 4.78 is 0. The van der Waals surface area contributed by atoms with Gasteiger partial charge >= 0.3 is 0 Å². The van der Waals surface area contributed by atoms with Gasteiger partial charge in [-0.1, -0.05) is 51.7 Å². The Hall–Kier alpha value is -1.18. The Balaban J connectivity index is 1.76. The van der Waals surface area contributed by atoms with E-state index in [1.54, 1.807) is 0 Å². The van der Waals surface area contributed by atoms with Crippen molar-refractivity contribution in [2.45, 2.75) is 90.1 Å². The Labute approximate surface area is 136 Å². The van der Waals surface area contributed by atoms with E-state index in [4.69, 9.17) is 0 Å². The van der Waals surface area contributed by atoms with Crippen LogP contribution in [0.1, 0.15) is 76.3 Å². The van der Waals surface area contributed by atoms with E-state index in [-0.39, 0.29) is 0 Å². The first-order valence-corrected chi connectivity index (χ1v) is 9.49. The number of nitrogens with one attached hydrogen (secondary N) is 2. The molecule has 0 saturated heterocycles. The number of hydrogen-bond donors (Lipinski definition) is 2. The molecule has 2 heteroatoms. The number of fused-ring (bicyclic) bond motifs is 3. The summed E-state index contributed by atoms with van der Waals surface area (Å²) in [7, 11) is 0. The second-order valence-electron chi connectivity index (χ2n) is 7.18. The molecular weight excluding hydrogens is 268 g/mol. The molecule has 0 spiro atoms. The molecule has 0 aromatic heterocycles. The van der Waals surface area contributed by atoms with Crippen molar-refractivity contribution in [3.8, 4) is 0 Å². The van der Waals surface area contributed by atoms with E-state index in [0.29, 0.717) is 12.1 Å². The molecule has 2 heterocycles. The minimum atomic E-state index is 0.678. The molecule has 0 saturated carbocycles. The monoisotopic (exact) mass is 300 g/mol. The summed E-state index contributed by atoms with van der Waals surface area (Å²) in [5, 5.41) is 7.75. The molecule has 2 aliphatic rings. The second-order valence-corrected chi connectivity index (χ2v) is 7.18. The van der Waals surface area contributed by atoms with Crippen LogP contribution in [0.3, 0.4) is 0 Å². The predicted molar refractivity (Wildman–Crippen MR) is 97.0 cm³/mol. The lowest BCUT2D eigenvalue weighted by Crippen LogP contribution is -2.30. The van der Waals surface area contributed by atoms with E-state index in [1.807, 2.05) is 0 Å². The Kier molecular flexibility index (Phi) is 5.28. The molecule has 122 valence electrons. The fraction of sp³-hybridized carbons (Fsp3) is 0.700. The van der Waals surface area contributed by atoms with Gasteiger partial charge in [-0.3, -0.25) is 0 Å². The van der Waals surface area contributed by atoms with E-state index in [0.717, 1.165) is 0 Å². The highest BCUT2D eigenvalue weighted by molar-refractivity contribution is 5.78. The normalized spacial score (nSPS) is 23.2. The van der Waals surface area contributed by atoms with E-state index < -0.39 is 0 Å². The summed E-state index contributed by atoms with van der Waals surface area (Å²) in [5.41, 5.74) is 5.92. The molecular formula is C20H32N2. The average Bonchev–Trinajstić information content (AvgIpc) is 2.57. The van der Waals surface area contributed by atoms with Gasteiger partial charge in [0.15, 0.2) is 0 Å². The van der Waals surface area contributed by atoms with Gasteiger partial charge in [-0.05, 0) is 49.7 Å². The fourth-order valence-corrected chi connectivity index (χ4v) is 3.98. The van der Waals surface area contributed by atoms with Gasteiger partial charge in [0.2, 0.25) is 0 Å². The third kappa shape index (κ3) is 3.42. The molecule has 1 aromatic carbocycles. The summed E-state index contributed by atoms with van der Waals surface area (Å²) in [6, 6.07) is 6.09. The van der Waals surface area contributed by atoms with Crippen LogP contribution in [0.5, 0.6) is 0 Å². The predicted octanol–water partition coefficient (Wildman–Crippen LogP) is 5.52. The van der Waals surface area contributed by atoms with Crippen molar-refractivity contribution in [2.75, 3.05) is 10.6 Å². The maximum atomic E-state index is 3.87. The maximum absolute atomic E-state index is 3.87. The largest absolute Gasteiger partial charge is 0.380 e. The minimum absolute atomic E-state index is 0.678. The minimum Gasteiger partial charge on any atom is -0.380 e. The molecule has 0 fully saturated rings. The van der Waals surface area contributed by atoms with E-state index in [9.17, 15) is 0 Å². The zero-order chi connectivity index (χ0) is 15.4. The zero-order valence-electron chi connectivity index (χ0n) is 14.4. The number of benzene rings is 1. The summed E-state index contributed by atoms with van der Waals surface area (Å²) in [4.78, 5) is 0. The molecule has 2 N–H and O–H groups in total. The molecule has 2 atom stereocenters. The second kappa shape index (κ2) is 7.39. The highest BCUT2D eigenvalue weighted by Gasteiger charge is 2.25. The number of aryl methyl sites for hydroxylation is 2. The lowest BCUT2D eigenvalue weighted by Gasteiger charge is -2.34. The van der Waals surface area contributed by atoms with Crippen LogP contribution in [0.4, 0.5) is 11.4 Å². The molecule has 3 rings (SSSR count). The highest BCUT2D eigenvalue weighted by atomic mass is 15.0. The molecule has 0 aliphatic carbocycles. The first-order chi connectivity index (χ1) is 10.8. The maximum Gasteiger partial charge on any atom is 0.0613 e. The molecule has 0 radical (unpaired) electrons. The summed E-state index contributed by atoms with van der Waals surface area (Å²) >= 11 is 0. The lowest BCUT2D eigenvalue weighted by molar-refractivity contribution is 0.547. The van der Waals surface area contributed by atoms with Crippen molar-refractivity contribution >= 4 is 11.4 Å². The van der Waals surface area contributed by atoms with Crippen LogP contribution in [0, 0.1) is 0 Å². The van der Waals surface area contributed by atoms with Crippen LogP contribution in [-0.4, -0.2) is 12.1 Å². The number of rotatable bonds is 6. The van der Waals surface area contributed by atoms with Crippen LogP contribution in [0.25, 0.3) is 0 Å². The van der Waals surface area contributed by atoms with Crippen molar-refractivity contribution in [3.63, 3.8) is 0 Å². The summed E-state index contributed by atoms with van der Waals surface area (Å²) in [6.07, 6.45) is 13.0. The zero-order valence-corrected chi connectivity index (χ0v) is 14.4.